The Balaban J connectivity index is 1.76. The van der Waals surface area contributed by atoms with Gasteiger partial charge in [0.25, 0.3) is 0 Å². The number of hydrogen-bond acceptors (Lipinski definition) is 2. The fourth-order valence-electron chi connectivity index (χ4n) is 2.28. The summed E-state index contributed by atoms with van der Waals surface area (Å²) in [6, 6.07) is 8.51. The second-order valence-corrected chi connectivity index (χ2v) is 5.79. The molecule has 1 fully saturated rings. The van der Waals surface area contributed by atoms with Crippen molar-refractivity contribution < 1.29 is 5.11 Å². The molecule has 0 spiro atoms. The van der Waals surface area contributed by atoms with Crippen LogP contribution >= 0.6 is 15.9 Å². The molecule has 1 saturated carbocycles. The number of aliphatic hydroxyl groups is 1. The Morgan fingerprint density at radius 2 is 2.35 bits per heavy atom. The highest BCUT2D eigenvalue weighted by molar-refractivity contribution is 9.10. The first-order valence-electron chi connectivity index (χ1n) is 6.37. The van der Waals surface area contributed by atoms with Crippen LogP contribution in [-0.4, -0.2) is 17.7 Å². The van der Waals surface area contributed by atoms with E-state index in [2.05, 4.69) is 28.2 Å². The molecular weight excluding hydrogens is 278 g/mol. The van der Waals surface area contributed by atoms with Crippen molar-refractivity contribution in [2.45, 2.75) is 38.3 Å². The van der Waals surface area contributed by atoms with Crippen molar-refractivity contribution in [2.75, 3.05) is 6.54 Å². The van der Waals surface area contributed by atoms with Gasteiger partial charge in [-0.15, -0.1) is 0 Å². The molecule has 0 aromatic heterocycles. The van der Waals surface area contributed by atoms with Crippen molar-refractivity contribution in [2.24, 2.45) is 5.92 Å². The van der Waals surface area contributed by atoms with E-state index >= 15 is 0 Å². The highest BCUT2D eigenvalue weighted by Gasteiger charge is 2.35. The van der Waals surface area contributed by atoms with Crippen LogP contribution in [0.3, 0.4) is 0 Å². The number of nitrogens with one attached hydrogen (secondary N) is 1. The normalized spacial score (nSPS) is 24.6. The van der Waals surface area contributed by atoms with Crippen molar-refractivity contribution in [3.8, 4) is 0 Å². The first kappa shape index (κ1) is 13.1. The van der Waals surface area contributed by atoms with Crippen LogP contribution in [0, 0.1) is 5.92 Å². The van der Waals surface area contributed by atoms with E-state index in [4.69, 9.17) is 0 Å². The van der Waals surface area contributed by atoms with E-state index in [-0.39, 0.29) is 0 Å². The van der Waals surface area contributed by atoms with Gasteiger partial charge in [-0.05, 0) is 36.5 Å². The molecule has 0 heterocycles. The van der Waals surface area contributed by atoms with Crippen LogP contribution < -0.4 is 5.32 Å². The number of rotatable bonds is 6. The topological polar surface area (TPSA) is 32.3 Å². The van der Waals surface area contributed by atoms with Crippen molar-refractivity contribution in [1.29, 1.82) is 0 Å². The minimum atomic E-state index is -0.407. The van der Waals surface area contributed by atoms with Gasteiger partial charge in [-0.1, -0.05) is 41.4 Å². The predicted octanol–water partition coefficient (Wildman–Crippen LogP) is 3.26. The lowest BCUT2D eigenvalue weighted by Crippen LogP contribution is -2.24. The average molecular weight is 298 g/mol. The Hall–Kier alpha value is -0.380. The van der Waals surface area contributed by atoms with Gasteiger partial charge < -0.3 is 10.4 Å². The van der Waals surface area contributed by atoms with Gasteiger partial charge in [0.15, 0.2) is 0 Å². The van der Waals surface area contributed by atoms with Crippen molar-refractivity contribution in [3.05, 3.63) is 34.3 Å². The van der Waals surface area contributed by atoms with Crippen LogP contribution in [0.4, 0.5) is 0 Å². The summed E-state index contributed by atoms with van der Waals surface area (Å²) in [5.41, 5.74) is 0.972. The smallest absolute Gasteiger partial charge is 0.0914 e. The maximum Gasteiger partial charge on any atom is 0.0914 e. The SMILES string of the molecule is CCCC1CC1NCC(O)c1cccc(Br)c1. The molecule has 3 atom stereocenters. The maximum absolute atomic E-state index is 10.1. The Bertz CT molecular complexity index is 369. The van der Waals surface area contributed by atoms with Gasteiger partial charge in [0, 0.05) is 17.1 Å². The highest BCUT2D eigenvalue weighted by atomic mass is 79.9. The van der Waals surface area contributed by atoms with Crippen molar-refractivity contribution in [3.63, 3.8) is 0 Å². The Morgan fingerprint density at radius 1 is 1.53 bits per heavy atom. The third-order valence-electron chi connectivity index (χ3n) is 3.39. The molecule has 2 nitrogen and oxygen atoms in total. The molecule has 0 amide bonds. The molecule has 3 heteroatoms. The molecule has 2 N–H and O–H groups in total. The third-order valence-corrected chi connectivity index (χ3v) is 3.88. The van der Waals surface area contributed by atoms with Crippen LogP contribution in [0.1, 0.15) is 37.9 Å². The largest absolute Gasteiger partial charge is 0.387 e. The van der Waals surface area contributed by atoms with Gasteiger partial charge in [-0.25, -0.2) is 0 Å². The molecule has 1 aliphatic carbocycles. The van der Waals surface area contributed by atoms with E-state index in [1.807, 2.05) is 24.3 Å². The summed E-state index contributed by atoms with van der Waals surface area (Å²) in [5.74, 6) is 0.842. The maximum atomic E-state index is 10.1. The molecule has 3 unspecified atom stereocenters. The lowest BCUT2D eigenvalue weighted by Gasteiger charge is -2.12. The molecule has 17 heavy (non-hydrogen) atoms. The molecule has 2 rings (SSSR count). The summed E-state index contributed by atoms with van der Waals surface area (Å²) in [6.45, 7) is 2.88. The van der Waals surface area contributed by atoms with E-state index in [0.29, 0.717) is 12.6 Å². The van der Waals surface area contributed by atoms with Gasteiger partial charge in [0.05, 0.1) is 6.10 Å². The molecule has 1 aromatic rings. The summed E-state index contributed by atoms with van der Waals surface area (Å²) in [5, 5.41) is 13.5. The summed E-state index contributed by atoms with van der Waals surface area (Å²) >= 11 is 3.42. The van der Waals surface area contributed by atoms with Crippen molar-refractivity contribution in [1.82, 2.24) is 5.32 Å². The number of halogens is 1. The minimum absolute atomic E-state index is 0.407. The van der Waals surface area contributed by atoms with E-state index in [1.54, 1.807) is 0 Å². The Morgan fingerprint density at radius 3 is 3.06 bits per heavy atom. The number of hydrogen-bond donors (Lipinski definition) is 2. The predicted molar refractivity (Wildman–Crippen MR) is 73.9 cm³/mol. The van der Waals surface area contributed by atoms with Gasteiger partial charge in [-0.3, -0.25) is 0 Å². The van der Waals surface area contributed by atoms with Gasteiger partial charge in [0.2, 0.25) is 0 Å². The van der Waals surface area contributed by atoms with Crippen molar-refractivity contribution >= 4 is 15.9 Å². The standard InChI is InChI=1S/C14H20BrNO/c1-2-4-10-8-13(10)16-9-14(17)11-5-3-6-12(15)7-11/h3,5-7,10,13-14,16-17H,2,4,8-9H2,1H3. The Labute approximate surface area is 112 Å². The van der Waals surface area contributed by atoms with E-state index in [1.165, 1.54) is 19.3 Å². The van der Waals surface area contributed by atoms with E-state index in [9.17, 15) is 5.11 Å². The Kier molecular flexibility index (Phi) is 4.60. The molecular formula is C14H20BrNO. The molecule has 1 aliphatic rings. The zero-order valence-corrected chi connectivity index (χ0v) is 11.8. The van der Waals surface area contributed by atoms with Crippen LogP contribution in [0.5, 0.6) is 0 Å². The molecule has 1 aromatic carbocycles. The van der Waals surface area contributed by atoms with Crippen LogP contribution in [0.2, 0.25) is 0 Å². The number of benzene rings is 1. The molecule has 0 saturated heterocycles. The lowest BCUT2D eigenvalue weighted by molar-refractivity contribution is 0.173. The zero-order chi connectivity index (χ0) is 12.3. The second kappa shape index (κ2) is 5.98. The first-order chi connectivity index (χ1) is 8.20. The summed E-state index contributed by atoms with van der Waals surface area (Å²) < 4.78 is 1.02. The molecule has 0 aliphatic heterocycles. The fourth-order valence-corrected chi connectivity index (χ4v) is 2.70. The summed E-state index contributed by atoms with van der Waals surface area (Å²) in [4.78, 5) is 0. The zero-order valence-electron chi connectivity index (χ0n) is 10.2. The average Bonchev–Trinajstić information content (AvgIpc) is 3.05. The van der Waals surface area contributed by atoms with Gasteiger partial charge in [-0.2, -0.15) is 0 Å². The highest BCUT2D eigenvalue weighted by Crippen LogP contribution is 2.34. The van der Waals surface area contributed by atoms with E-state index < -0.39 is 6.10 Å². The monoisotopic (exact) mass is 297 g/mol. The van der Waals surface area contributed by atoms with Gasteiger partial charge >= 0.3 is 0 Å². The molecule has 0 radical (unpaired) electrons. The second-order valence-electron chi connectivity index (χ2n) is 4.87. The lowest BCUT2D eigenvalue weighted by atomic mass is 10.1. The van der Waals surface area contributed by atoms with Crippen LogP contribution in [0.25, 0.3) is 0 Å². The quantitative estimate of drug-likeness (QED) is 0.845. The third kappa shape index (κ3) is 3.80. The first-order valence-corrected chi connectivity index (χ1v) is 7.17. The fraction of sp³-hybridized carbons (Fsp3) is 0.571. The van der Waals surface area contributed by atoms with Crippen LogP contribution in [0.15, 0.2) is 28.7 Å². The van der Waals surface area contributed by atoms with E-state index in [0.717, 1.165) is 16.0 Å². The number of aliphatic hydroxyl groups excluding tert-OH is 1. The minimum Gasteiger partial charge on any atom is -0.387 e. The van der Waals surface area contributed by atoms with Crippen LogP contribution in [-0.2, 0) is 0 Å². The molecule has 94 valence electrons. The summed E-state index contributed by atoms with van der Waals surface area (Å²) in [7, 11) is 0. The van der Waals surface area contributed by atoms with Gasteiger partial charge in [0.1, 0.15) is 0 Å². The molecule has 0 bridgehead atoms. The summed E-state index contributed by atoms with van der Waals surface area (Å²) in [6.07, 6.45) is 3.44.